The molecule has 31 heavy (non-hydrogen) atoms. The summed E-state index contributed by atoms with van der Waals surface area (Å²) in [6, 6.07) is 0. The molecule has 4 atom stereocenters. The molecule has 0 aliphatic carbocycles. The van der Waals surface area contributed by atoms with Crippen LogP contribution in [0.2, 0.25) is 0 Å². The average Bonchev–Trinajstić information content (AvgIpc) is 3.34. The van der Waals surface area contributed by atoms with Gasteiger partial charge in [-0.15, -0.1) is 0 Å². The van der Waals surface area contributed by atoms with Crippen molar-refractivity contribution >= 4 is 29.1 Å². The van der Waals surface area contributed by atoms with Crippen LogP contribution in [0.5, 0.6) is 0 Å². The Hall–Kier alpha value is -1.47. The van der Waals surface area contributed by atoms with Gasteiger partial charge in [0.1, 0.15) is 0 Å². The van der Waals surface area contributed by atoms with E-state index in [1.807, 2.05) is 0 Å². The monoisotopic (exact) mass is 452 g/mol. The van der Waals surface area contributed by atoms with Gasteiger partial charge in [0.05, 0.1) is 23.7 Å². The number of hydrogen-bond donors (Lipinski definition) is 3. The third-order valence-electron chi connectivity index (χ3n) is 6.42. The van der Waals surface area contributed by atoms with E-state index in [4.69, 9.17) is 22.1 Å². The highest BCUT2D eigenvalue weighted by Crippen LogP contribution is 2.44. The molecule has 2 bridgehead atoms. The van der Waals surface area contributed by atoms with E-state index in [9.17, 15) is 9.59 Å². The fourth-order valence-electron chi connectivity index (χ4n) is 4.67. The van der Waals surface area contributed by atoms with E-state index < -0.39 is 5.97 Å². The number of carboxylic acid groups (broad SMARTS) is 1. The summed E-state index contributed by atoms with van der Waals surface area (Å²) >= 11 is 5.34. The predicted octanol–water partition coefficient (Wildman–Crippen LogP) is 4.37. The van der Waals surface area contributed by atoms with Gasteiger partial charge < -0.3 is 20.5 Å². The van der Waals surface area contributed by atoms with Crippen LogP contribution in [-0.4, -0.2) is 47.3 Å². The minimum absolute atomic E-state index is 0.0148. The Kier molecular flexibility index (Phi) is 12.1. The number of carbonyl (C=O) groups excluding carboxylic acids is 1. The Labute approximate surface area is 192 Å². The Balaban J connectivity index is 1.63. The van der Waals surface area contributed by atoms with Crippen LogP contribution in [0.25, 0.3) is 0 Å². The molecule has 2 aliphatic rings. The second kappa shape index (κ2) is 14.6. The van der Waals surface area contributed by atoms with Gasteiger partial charge in [-0.1, -0.05) is 57.0 Å². The van der Waals surface area contributed by atoms with E-state index in [0.717, 1.165) is 43.5 Å². The number of aliphatic carboxylic acids is 1. The van der Waals surface area contributed by atoms with Gasteiger partial charge in [-0.3, -0.25) is 9.59 Å². The Morgan fingerprint density at radius 3 is 2.48 bits per heavy atom. The third kappa shape index (κ3) is 9.69. The van der Waals surface area contributed by atoms with Gasteiger partial charge in [0.15, 0.2) is 0 Å². The molecule has 0 aromatic carbocycles. The van der Waals surface area contributed by atoms with E-state index in [0.29, 0.717) is 24.8 Å². The van der Waals surface area contributed by atoms with Gasteiger partial charge >= 0.3 is 5.97 Å². The number of allylic oxidation sites excluding steroid dienone is 2. The normalized spacial score (nSPS) is 24.5. The zero-order valence-electron chi connectivity index (χ0n) is 18.9. The second-order valence-electron chi connectivity index (χ2n) is 8.86. The van der Waals surface area contributed by atoms with Crippen LogP contribution in [0.3, 0.4) is 0 Å². The number of thiocarbonyl (C=S) groups is 1. The van der Waals surface area contributed by atoms with Crippen LogP contribution >= 0.6 is 12.2 Å². The molecule has 2 fully saturated rings. The summed E-state index contributed by atoms with van der Waals surface area (Å²) in [5.74, 6) is 0.0100. The fourth-order valence-corrected chi connectivity index (χ4v) is 4.89. The van der Waals surface area contributed by atoms with Crippen molar-refractivity contribution < 1.29 is 19.4 Å². The van der Waals surface area contributed by atoms with E-state index in [1.165, 1.54) is 25.7 Å². The van der Waals surface area contributed by atoms with E-state index in [1.54, 1.807) is 0 Å². The molecule has 2 heterocycles. The third-order valence-corrected chi connectivity index (χ3v) is 6.76. The molecule has 0 aromatic rings. The van der Waals surface area contributed by atoms with Crippen molar-refractivity contribution in [3.63, 3.8) is 0 Å². The molecule has 2 aliphatic heterocycles. The maximum Gasteiger partial charge on any atom is 0.303 e. The molecule has 2 saturated heterocycles. The summed E-state index contributed by atoms with van der Waals surface area (Å²) in [6.45, 7) is 3.09. The number of carboxylic acids is 1. The van der Waals surface area contributed by atoms with Gasteiger partial charge in [0, 0.05) is 18.9 Å². The predicted molar refractivity (Wildman–Crippen MR) is 127 cm³/mol. The first-order valence-corrected chi connectivity index (χ1v) is 12.5. The lowest BCUT2D eigenvalue weighted by molar-refractivity contribution is -0.137. The van der Waals surface area contributed by atoms with Crippen LogP contribution in [0.4, 0.5) is 0 Å². The van der Waals surface area contributed by atoms with Crippen LogP contribution in [0.15, 0.2) is 12.2 Å². The summed E-state index contributed by atoms with van der Waals surface area (Å²) in [5.41, 5.74) is 0. The molecule has 3 N–H and O–H groups in total. The van der Waals surface area contributed by atoms with Crippen molar-refractivity contribution in [3.8, 4) is 0 Å². The van der Waals surface area contributed by atoms with Gasteiger partial charge in [0.2, 0.25) is 5.91 Å². The minimum Gasteiger partial charge on any atom is -0.481 e. The zero-order chi connectivity index (χ0) is 22.5. The number of fused-ring (bicyclic) bond motifs is 2. The zero-order valence-corrected chi connectivity index (χ0v) is 19.8. The first-order chi connectivity index (χ1) is 15.0. The molecular formula is C24H40N2O4S. The van der Waals surface area contributed by atoms with Crippen LogP contribution in [0, 0.1) is 11.8 Å². The topological polar surface area (TPSA) is 87.7 Å². The number of unbranched alkanes of at least 4 members (excludes halogenated alkanes) is 5. The molecule has 0 aromatic heterocycles. The lowest BCUT2D eigenvalue weighted by Gasteiger charge is -2.27. The summed E-state index contributed by atoms with van der Waals surface area (Å²) in [7, 11) is 0. The fraction of sp³-hybridized carbons (Fsp3) is 0.792. The van der Waals surface area contributed by atoms with Crippen molar-refractivity contribution in [2.45, 2.75) is 96.2 Å². The van der Waals surface area contributed by atoms with Gasteiger partial charge in [-0.2, -0.15) is 0 Å². The first kappa shape index (κ1) is 25.8. The maximum absolute atomic E-state index is 12.3. The molecule has 6 nitrogen and oxygen atoms in total. The van der Waals surface area contributed by atoms with Crippen LogP contribution < -0.4 is 10.6 Å². The average molecular weight is 453 g/mol. The van der Waals surface area contributed by atoms with Crippen LogP contribution in [-0.2, 0) is 14.3 Å². The standard InChI is InChI=1S/C24H40N2O4S/c1-2-3-4-5-9-12-23(31)26-17-22(27)25-16-19-18(20-14-15-21(19)30-20)11-8-6-7-10-13-24(28)29/h6,8,18-21H,2-5,7,9-17H2,1H3,(H,25,27)(H,26,31)(H,28,29)/b8-6-/t18-,19+,20-,21+/m1/s1. The minimum atomic E-state index is -0.743. The van der Waals surface area contributed by atoms with E-state index in [2.05, 4.69) is 29.7 Å². The number of amides is 1. The molecule has 0 spiro atoms. The Morgan fingerprint density at radius 1 is 1.00 bits per heavy atom. The second-order valence-corrected chi connectivity index (χ2v) is 9.35. The Morgan fingerprint density at radius 2 is 1.74 bits per heavy atom. The molecule has 7 heteroatoms. The quantitative estimate of drug-likeness (QED) is 0.183. The highest BCUT2D eigenvalue weighted by atomic mass is 32.1. The summed E-state index contributed by atoms with van der Waals surface area (Å²) in [5, 5.41) is 14.9. The largest absolute Gasteiger partial charge is 0.481 e. The van der Waals surface area contributed by atoms with E-state index in [-0.39, 0.29) is 31.1 Å². The van der Waals surface area contributed by atoms with Gasteiger partial charge in [-0.05, 0) is 50.9 Å². The number of nitrogens with one attached hydrogen (secondary N) is 2. The molecule has 1 amide bonds. The van der Waals surface area contributed by atoms with Crippen molar-refractivity contribution in [1.29, 1.82) is 0 Å². The molecule has 176 valence electrons. The summed E-state index contributed by atoms with van der Waals surface area (Å²) in [6.07, 6.45) is 16.4. The number of rotatable bonds is 16. The smallest absolute Gasteiger partial charge is 0.303 e. The maximum atomic E-state index is 12.3. The number of hydrogen-bond acceptors (Lipinski definition) is 4. The summed E-state index contributed by atoms with van der Waals surface area (Å²) in [4.78, 5) is 23.6. The van der Waals surface area contributed by atoms with Crippen molar-refractivity contribution in [2.24, 2.45) is 11.8 Å². The van der Waals surface area contributed by atoms with Gasteiger partial charge in [-0.25, -0.2) is 0 Å². The van der Waals surface area contributed by atoms with Crippen molar-refractivity contribution in [2.75, 3.05) is 13.1 Å². The van der Waals surface area contributed by atoms with Crippen molar-refractivity contribution in [1.82, 2.24) is 10.6 Å². The molecule has 0 unspecified atom stereocenters. The van der Waals surface area contributed by atoms with Crippen molar-refractivity contribution in [3.05, 3.63) is 12.2 Å². The van der Waals surface area contributed by atoms with E-state index >= 15 is 0 Å². The lowest BCUT2D eigenvalue weighted by atomic mass is 9.77. The van der Waals surface area contributed by atoms with Crippen LogP contribution in [0.1, 0.15) is 84.0 Å². The molecule has 0 saturated carbocycles. The molecule has 2 rings (SSSR count). The highest BCUT2D eigenvalue weighted by Gasteiger charge is 2.47. The Bertz CT molecular complexity index is 610. The van der Waals surface area contributed by atoms with Gasteiger partial charge in [0.25, 0.3) is 0 Å². The highest BCUT2D eigenvalue weighted by molar-refractivity contribution is 7.80. The molecule has 0 radical (unpaired) electrons. The molecular weight excluding hydrogens is 412 g/mol. The summed E-state index contributed by atoms with van der Waals surface area (Å²) < 4.78 is 6.11. The number of carbonyl (C=O) groups is 2. The SMILES string of the molecule is CCCCCCCC(=S)NCC(=O)NC[C@H]1[C@@H](C/C=C\CCCC(=O)O)[C@H]2CC[C@@H]1O2. The number of ether oxygens (including phenoxy) is 1. The first-order valence-electron chi connectivity index (χ1n) is 12.1. The lowest BCUT2D eigenvalue weighted by Crippen LogP contribution is -2.42.